The van der Waals surface area contributed by atoms with Crippen molar-refractivity contribution in [2.24, 2.45) is 11.8 Å². The van der Waals surface area contributed by atoms with Gasteiger partial charge in [-0.15, -0.1) is 0 Å². The number of rotatable bonds is 6. The van der Waals surface area contributed by atoms with E-state index in [1.807, 2.05) is 32.0 Å². The maximum absolute atomic E-state index is 13.4. The minimum Gasteiger partial charge on any atom is -0.350 e. The van der Waals surface area contributed by atoms with Crippen molar-refractivity contribution < 1.29 is 18.0 Å². The molecule has 0 saturated carbocycles. The number of hydrogen-bond donors (Lipinski definition) is 1. The molecule has 3 aliphatic rings. The standard InChI is InChI=1S/C24H33N5O4S/c1-17-6-3-7-20(18(17)2)13-26-23(30)22-9-5-11-29(22)24(31)21-8-4-10-27(16-21)34(32,33)28-14-19(12-25)15-28/h3,6-7,19,21-22H,4-5,8-11,13-16H2,1-2H3,(H,26,30)/t21-,22+/m0/s1. The zero-order valence-corrected chi connectivity index (χ0v) is 20.7. The van der Waals surface area contributed by atoms with Crippen molar-refractivity contribution in [1.82, 2.24) is 18.8 Å². The van der Waals surface area contributed by atoms with Crippen LogP contribution in [0.1, 0.15) is 42.4 Å². The maximum Gasteiger partial charge on any atom is 0.282 e. The Kier molecular flexibility index (Phi) is 7.26. The van der Waals surface area contributed by atoms with Crippen molar-refractivity contribution in [1.29, 1.82) is 5.26 Å². The third kappa shape index (κ3) is 4.83. The first-order valence-corrected chi connectivity index (χ1v) is 13.4. The molecule has 3 fully saturated rings. The third-order valence-electron chi connectivity index (χ3n) is 7.42. The number of carbonyl (C=O) groups is 2. The van der Waals surface area contributed by atoms with Crippen LogP contribution >= 0.6 is 0 Å². The Morgan fingerprint density at radius 2 is 1.82 bits per heavy atom. The third-order valence-corrected chi connectivity index (χ3v) is 9.36. The molecule has 10 heteroatoms. The number of hydrogen-bond acceptors (Lipinski definition) is 5. The fourth-order valence-electron chi connectivity index (χ4n) is 5.07. The van der Waals surface area contributed by atoms with Gasteiger partial charge in [-0.25, -0.2) is 0 Å². The summed E-state index contributed by atoms with van der Waals surface area (Å²) in [7, 11) is -3.67. The summed E-state index contributed by atoms with van der Waals surface area (Å²) in [6.45, 7) is 5.92. The number of nitrogens with one attached hydrogen (secondary N) is 1. The first-order chi connectivity index (χ1) is 16.2. The lowest BCUT2D eigenvalue weighted by Gasteiger charge is -2.41. The number of aryl methyl sites for hydroxylation is 1. The molecule has 0 spiro atoms. The molecule has 2 amide bonds. The average Bonchev–Trinajstić information content (AvgIpc) is 3.28. The van der Waals surface area contributed by atoms with Crippen molar-refractivity contribution in [3.8, 4) is 6.07 Å². The SMILES string of the molecule is Cc1cccc(CNC(=O)[C@H]2CCCN2C(=O)[C@H]2CCCN(S(=O)(=O)N3CC(C#N)C3)C2)c1C. The van der Waals surface area contributed by atoms with Gasteiger partial charge in [0.2, 0.25) is 11.8 Å². The summed E-state index contributed by atoms with van der Waals surface area (Å²) in [6, 6.07) is 7.57. The van der Waals surface area contributed by atoms with Crippen molar-refractivity contribution in [2.45, 2.75) is 52.1 Å². The molecule has 0 unspecified atom stereocenters. The molecule has 9 nitrogen and oxygen atoms in total. The predicted molar refractivity (Wildman–Crippen MR) is 126 cm³/mol. The van der Waals surface area contributed by atoms with E-state index in [9.17, 15) is 18.0 Å². The Morgan fingerprint density at radius 3 is 2.56 bits per heavy atom. The van der Waals surface area contributed by atoms with Crippen LogP contribution in [-0.4, -0.2) is 72.5 Å². The second kappa shape index (κ2) is 10.0. The smallest absolute Gasteiger partial charge is 0.282 e. The van der Waals surface area contributed by atoms with Crippen LogP contribution in [0.3, 0.4) is 0 Å². The topological polar surface area (TPSA) is 114 Å². The van der Waals surface area contributed by atoms with E-state index in [0.29, 0.717) is 38.9 Å². The van der Waals surface area contributed by atoms with Crippen molar-refractivity contribution in [3.05, 3.63) is 34.9 Å². The van der Waals surface area contributed by atoms with Crippen LogP contribution in [0.5, 0.6) is 0 Å². The van der Waals surface area contributed by atoms with Gasteiger partial charge in [0.1, 0.15) is 6.04 Å². The van der Waals surface area contributed by atoms with Gasteiger partial charge in [0, 0.05) is 39.3 Å². The molecule has 1 aromatic carbocycles. The van der Waals surface area contributed by atoms with E-state index in [1.165, 1.54) is 14.2 Å². The zero-order chi connectivity index (χ0) is 24.5. The van der Waals surface area contributed by atoms with Crippen LogP contribution in [0.2, 0.25) is 0 Å². The Labute approximate surface area is 201 Å². The van der Waals surface area contributed by atoms with Crippen LogP contribution in [0.15, 0.2) is 18.2 Å². The lowest BCUT2D eigenvalue weighted by molar-refractivity contribution is -0.142. The first-order valence-electron chi connectivity index (χ1n) is 12.0. The quantitative estimate of drug-likeness (QED) is 0.650. The minimum atomic E-state index is -3.67. The van der Waals surface area contributed by atoms with E-state index >= 15 is 0 Å². The molecule has 0 aliphatic carbocycles. The molecular weight excluding hydrogens is 454 g/mol. The number of nitriles is 1. The van der Waals surface area contributed by atoms with Gasteiger partial charge in [-0.05, 0) is 56.2 Å². The minimum absolute atomic E-state index is 0.127. The van der Waals surface area contributed by atoms with Gasteiger partial charge in [0.25, 0.3) is 10.2 Å². The molecule has 3 aliphatic heterocycles. The molecular formula is C24H33N5O4S. The molecule has 0 aromatic heterocycles. The zero-order valence-electron chi connectivity index (χ0n) is 19.9. The van der Waals surface area contributed by atoms with Crippen LogP contribution < -0.4 is 5.32 Å². The van der Waals surface area contributed by atoms with E-state index < -0.39 is 22.2 Å². The summed E-state index contributed by atoms with van der Waals surface area (Å²) in [5.41, 5.74) is 3.37. The number of carbonyl (C=O) groups excluding carboxylic acids is 2. The second-order valence-corrected chi connectivity index (χ2v) is 11.5. The number of benzene rings is 1. The Hall–Kier alpha value is -2.48. The van der Waals surface area contributed by atoms with Crippen LogP contribution in [0, 0.1) is 37.0 Å². The molecule has 3 saturated heterocycles. The molecule has 2 atom stereocenters. The van der Waals surface area contributed by atoms with Gasteiger partial charge < -0.3 is 10.2 Å². The Bertz CT molecular complexity index is 1090. The summed E-state index contributed by atoms with van der Waals surface area (Å²) in [4.78, 5) is 28.0. The highest BCUT2D eigenvalue weighted by Gasteiger charge is 2.44. The van der Waals surface area contributed by atoms with Gasteiger partial charge >= 0.3 is 0 Å². The second-order valence-electron chi connectivity index (χ2n) is 9.61. The van der Waals surface area contributed by atoms with Crippen LogP contribution in [0.25, 0.3) is 0 Å². The van der Waals surface area contributed by atoms with E-state index in [4.69, 9.17) is 5.26 Å². The van der Waals surface area contributed by atoms with Crippen molar-refractivity contribution in [2.75, 3.05) is 32.7 Å². The molecule has 3 heterocycles. The highest BCUT2D eigenvalue weighted by molar-refractivity contribution is 7.86. The van der Waals surface area contributed by atoms with Crippen LogP contribution in [0.4, 0.5) is 0 Å². The monoisotopic (exact) mass is 487 g/mol. The van der Waals surface area contributed by atoms with E-state index in [2.05, 4.69) is 11.4 Å². The lowest BCUT2D eigenvalue weighted by atomic mass is 9.97. The lowest BCUT2D eigenvalue weighted by Crippen LogP contribution is -2.57. The highest BCUT2D eigenvalue weighted by Crippen LogP contribution is 2.29. The summed E-state index contributed by atoms with van der Waals surface area (Å²) in [5.74, 6) is -1.01. The molecule has 34 heavy (non-hydrogen) atoms. The van der Waals surface area contributed by atoms with Crippen molar-refractivity contribution >= 4 is 22.0 Å². The fourth-order valence-corrected chi connectivity index (χ4v) is 6.86. The Morgan fingerprint density at radius 1 is 1.09 bits per heavy atom. The van der Waals surface area contributed by atoms with Gasteiger partial charge in [-0.3, -0.25) is 9.59 Å². The van der Waals surface area contributed by atoms with E-state index in [-0.39, 0.29) is 37.4 Å². The summed E-state index contributed by atoms with van der Waals surface area (Å²) in [5, 5.41) is 11.9. The number of nitrogens with zero attached hydrogens (tertiary/aromatic N) is 4. The van der Waals surface area contributed by atoms with Gasteiger partial charge in [0.15, 0.2) is 0 Å². The normalized spacial score (nSPS) is 24.4. The highest BCUT2D eigenvalue weighted by atomic mass is 32.2. The average molecular weight is 488 g/mol. The first kappa shape index (κ1) is 24.6. The summed E-state index contributed by atoms with van der Waals surface area (Å²) >= 11 is 0. The van der Waals surface area contributed by atoms with Crippen LogP contribution in [-0.2, 0) is 26.3 Å². The molecule has 184 valence electrons. The van der Waals surface area contributed by atoms with Gasteiger partial charge in [-0.1, -0.05) is 18.2 Å². The maximum atomic E-state index is 13.4. The van der Waals surface area contributed by atoms with E-state index in [1.54, 1.807) is 4.90 Å². The Balaban J connectivity index is 1.37. The number of likely N-dealkylation sites (tertiary alicyclic amines) is 1. The molecule has 0 radical (unpaired) electrons. The van der Waals surface area contributed by atoms with Gasteiger partial charge in [-0.2, -0.15) is 22.3 Å². The molecule has 0 bridgehead atoms. The molecule has 4 rings (SSSR count). The van der Waals surface area contributed by atoms with E-state index in [0.717, 1.165) is 17.5 Å². The number of piperidine rings is 1. The molecule has 1 aromatic rings. The van der Waals surface area contributed by atoms with Crippen molar-refractivity contribution in [3.63, 3.8) is 0 Å². The fraction of sp³-hybridized carbons (Fsp3) is 0.625. The molecule has 1 N–H and O–H groups in total. The summed E-state index contributed by atoms with van der Waals surface area (Å²) < 4.78 is 28.5. The number of amides is 2. The largest absolute Gasteiger partial charge is 0.350 e. The summed E-state index contributed by atoms with van der Waals surface area (Å²) in [6.07, 6.45) is 2.58. The van der Waals surface area contributed by atoms with Gasteiger partial charge in [0.05, 0.1) is 17.9 Å². The predicted octanol–water partition coefficient (Wildman–Crippen LogP) is 1.32.